The van der Waals surface area contributed by atoms with E-state index >= 15 is 0 Å². The Balaban J connectivity index is 0.00000289. The molecule has 0 spiro atoms. The summed E-state index contributed by atoms with van der Waals surface area (Å²) >= 11 is 0. The van der Waals surface area contributed by atoms with Crippen LogP contribution in [0, 0.1) is 0 Å². The Kier molecular flexibility index (Phi) is 10.2. The zero-order valence-electron chi connectivity index (χ0n) is 19.2. The molecule has 176 valence electrons. The molecule has 0 aliphatic carbocycles. The zero-order valence-corrected chi connectivity index (χ0v) is 21.5. The van der Waals surface area contributed by atoms with Gasteiger partial charge in [0.15, 0.2) is 5.96 Å². The van der Waals surface area contributed by atoms with Gasteiger partial charge in [-0.3, -0.25) is 9.89 Å². The van der Waals surface area contributed by atoms with E-state index in [0.717, 1.165) is 63.7 Å². The number of benzene rings is 1. The molecule has 1 unspecified atom stereocenters. The highest BCUT2D eigenvalue weighted by molar-refractivity contribution is 14.0. The van der Waals surface area contributed by atoms with Gasteiger partial charge >= 0.3 is 0 Å². The van der Waals surface area contributed by atoms with Crippen molar-refractivity contribution in [1.82, 2.24) is 15.5 Å². The SMILES string of the molecule is CCN1CCCC1CN=C(NCCc1ccco1)NC1CCN(c2ccccc2)CC1.I. The van der Waals surface area contributed by atoms with E-state index in [1.54, 1.807) is 6.26 Å². The van der Waals surface area contributed by atoms with E-state index in [1.165, 1.54) is 25.1 Å². The lowest BCUT2D eigenvalue weighted by Gasteiger charge is -2.34. The standard InChI is InChI=1S/C25H37N5O.HI/c1-2-29-16-6-10-23(29)20-27-25(26-15-12-24-11-7-19-31-24)28-21-13-17-30(18-14-21)22-8-4-3-5-9-22;/h3-5,7-9,11,19,21,23H,2,6,10,12-18,20H2,1H3,(H2,26,27,28);1H. The molecule has 0 radical (unpaired) electrons. The first kappa shape index (κ1) is 24.9. The average molecular weight is 552 g/mol. The molecule has 3 heterocycles. The van der Waals surface area contributed by atoms with Gasteiger partial charge in [-0.1, -0.05) is 25.1 Å². The second-order valence-electron chi connectivity index (χ2n) is 8.61. The van der Waals surface area contributed by atoms with Crippen LogP contribution in [0.2, 0.25) is 0 Å². The summed E-state index contributed by atoms with van der Waals surface area (Å²) in [6.45, 7) is 8.43. The van der Waals surface area contributed by atoms with Crippen LogP contribution in [0.3, 0.4) is 0 Å². The Labute approximate surface area is 209 Å². The average Bonchev–Trinajstić information content (AvgIpc) is 3.50. The molecule has 6 nitrogen and oxygen atoms in total. The highest BCUT2D eigenvalue weighted by atomic mass is 127. The fraction of sp³-hybridized carbons (Fsp3) is 0.560. The number of hydrogen-bond acceptors (Lipinski definition) is 4. The number of piperidine rings is 1. The first-order valence-corrected chi connectivity index (χ1v) is 11.9. The van der Waals surface area contributed by atoms with Gasteiger partial charge in [-0.25, -0.2) is 0 Å². The van der Waals surface area contributed by atoms with Crippen molar-refractivity contribution in [3.05, 3.63) is 54.5 Å². The monoisotopic (exact) mass is 551 g/mol. The number of likely N-dealkylation sites (N-methyl/N-ethyl adjacent to an activating group) is 1. The minimum atomic E-state index is 0. The number of nitrogens with one attached hydrogen (secondary N) is 2. The highest BCUT2D eigenvalue weighted by Gasteiger charge is 2.23. The third kappa shape index (κ3) is 7.13. The van der Waals surface area contributed by atoms with E-state index < -0.39 is 0 Å². The van der Waals surface area contributed by atoms with Gasteiger partial charge in [0.05, 0.1) is 12.8 Å². The number of rotatable bonds is 8. The Morgan fingerprint density at radius 2 is 1.88 bits per heavy atom. The number of guanidine groups is 1. The van der Waals surface area contributed by atoms with Gasteiger partial charge in [-0.15, -0.1) is 24.0 Å². The summed E-state index contributed by atoms with van der Waals surface area (Å²) in [6.07, 6.45) is 7.40. The second kappa shape index (κ2) is 13.1. The molecule has 2 aromatic rings. The summed E-state index contributed by atoms with van der Waals surface area (Å²) in [5.74, 6) is 1.96. The van der Waals surface area contributed by atoms with Crippen molar-refractivity contribution in [2.24, 2.45) is 4.99 Å². The maximum atomic E-state index is 5.48. The van der Waals surface area contributed by atoms with Crippen molar-refractivity contribution in [2.75, 3.05) is 44.2 Å². The molecule has 2 saturated heterocycles. The van der Waals surface area contributed by atoms with E-state index in [4.69, 9.17) is 9.41 Å². The number of hydrogen-bond donors (Lipinski definition) is 2. The second-order valence-corrected chi connectivity index (χ2v) is 8.61. The van der Waals surface area contributed by atoms with Gasteiger partial charge in [-0.05, 0) is 63.0 Å². The quantitative estimate of drug-likeness (QED) is 0.294. The molecule has 2 N–H and O–H groups in total. The van der Waals surface area contributed by atoms with Crippen LogP contribution >= 0.6 is 24.0 Å². The maximum Gasteiger partial charge on any atom is 0.191 e. The van der Waals surface area contributed by atoms with Crippen molar-refractivity contribution in [1.29, 1.82) is 0 Å². The van der Waals surface area contributed by atoms with E-state index in [0.29, 0.717) is 12.1 Å². The molecule has 2 fully saturated rings. The number of furan rings is 1. The molecule has 2 aliphatic heterocycles. The molecule has 0 saturated carbocycles. The third-order valence-electron chi connectivity index (χ3n) is 6.57. The van der Waals surface area contributed by atoms with Crippen molar-refractivity contribution in [3.8, 4) is 0 Å². The van der Waals surface area contributed by atoms with Crippen molar-refractivity contribution in [2.45, 2.75) is 51.1 Å². The minimum Gasteiger partial charge on any atom is -0.469 e. The summed E-state index contributed by atoms with van der Waals surface area (Å²) in [7, 11) is 0. The van der Waals surface area contributed by atoms with Gasteiger partial charge in [0, 0.05) is 43.8 Å². The highest BCUT2D eigenvalue weighted by Crippen LogP contribution is 2.20. The number of anilines is 1. The summed E-state index contributed by atoms with van der Waals surface area (Å²) < 4.78 is 5.48. The van der Waals surface area contributed by atoms with Gasteiger partial charge in [0.2, 0.25) is 0 Å². The summed E-state index contributed by atoms with van der Waals surface area (Å²) in [4.78, 5) is 10.0. The predicted octanol–water partition coefficient (Wildman–Crippen LogP) is 4.13. The summed E-state index contributed by atoms with van der Waals surface area (Å²) in [6, 6.07) is 15.8. The fourth-order valence-electron chi connectivity index (χ4n) is 4.74. The van der Waals surface area contributed by atoms with Gasteiger partial charge in [-0.2, -0.15) is 0 Å². The first-order chi connectivity index (χ1) is 15.3. The summed E-state index contributed by atoms with van der Waals surface area (Å²) in [5.41, 5.74) is 1.33. The zero-order chi connectivity index (χ0) is 21.3. The van der Waals surface area contributed by atoms with Crippen LogP contribution in [0.15, 0.2) is 58.1 Å². The molecule has 1 aromatic heterocycles. The lowest BCUT2D eigenvalue weighted by Crippen LogP contribution is -2.49. The molecule has 1 atom stereocenters. The van der Waals surface area contributed by atoms with Gasteiger partial charge < -0.3 is 20.0 Å². The molecular formula is C25H38IN5O. The van der Waals surface area contributed by atoms with E-state index in [2.05, 4.69) is 57.7 Å². The number of nitrogens with zero attached hydrogens (tertiary/aromatic N) is 3. The van der Waals surface area contributed by atoms with Crippen molar-refractivity contribution < 1.29 is 4.42 Å². The Morgan fingerprint density at radius 3 is 2.59 bits per heavy atom. The number of likely N-dealkylation sites (tertiary alicyclic amines) is 1. The number of aliphatic imine (C=N–C) groups is 1. The van der Waals surface area contributed by atoms with E-state index in [9.17, 15) is 0 Å². The van der Waals surface area contributed by atoms with Crippen LogP contribution in [-0.2, 0) is 6.42 Å². The van der Waals surface area contributed by atoms with Crippen LogP contribution in [0.5, 0.6) is 0 Å². The third-order valence-corrected chi connectivity index (χ3v) is 6.57. The van der Waals surface area contributed by atoms with Crippen LogP contribution in [-0.4, -0.2) is 62.2 Å². The van der Waals surface area contributed by atoms with Crippen LogP contribution < -0.4 is 15.5 Å². The smallest absolute Gasteiger partial charge is 0.191 e. The Morgan fingerprint density at radius 1 is 1.06 bits per heavy atom. The van der Waals surface area contributed by atoms with Crippen LogP contribution in [0.4, 0.5) is 5.69 Å². The van der Waals surface area contributed by atoms with Gasteiger partial charge in [0.25, 0.3) is 0 Å². The van der Waals surface area contributed by atoms with Crippen molar-refractivity contribution >= 4 is 35.6 Å². The fourth-order valence-corrected chi connectivity index (χ4v) is 4.74. The van der Waals surface area contributed by atoms with E-state index in [1.807, 2.05) is 12.1 Å². The lowest BCUT2D eigenvalue weighted by molar-refractivity contribution is 0.273. The Hall–Kier alpha value is -1.74. The first-order valence-electron chi connectivity index (χ1n) is 11.9. The minimum absolute atomic E-state index is 0. The molecule has 32 heavy (non-hydrogen) atoms. The van der Waals surface area contributed by atoms with Crippen molar-refractivity contribution in [3.63, 3.8) is 0 Å². The largest absolute Gasteiger partial charge is 0.469 e. The maximum absolute atomic E-state index is 5.48. The normalized spacial score (nSPS) is 20.2. The molecule has 4 rings (SSSR count). The molecule has 2 aliphatic rings. The molecular weight excluding hydrogens is 513 g/mol. The number of para-hydroxylation sites is 1. The molecule has 0 bridgehead atoms. The topological polar surface area (TPSA) is 56.0 Å². The van der Waals surface area contributed by atoms with E-state index in [-0.39, 0.29) is 24.0 Å². The van der Waals surface area contributed by atoms with Crippen LogP contribution in [0.1, 0.15) is 38.4 Å². The number of halogens is 1. The lowest BCUT2D eigenvalue weighted by atomic mass is 10.0. The summed E-state index contributed by atoms with van der Waals surface area (Å²) in [5, 5.41) is 7.28. The Bertz CT molecular complexity index is 790. The van der Waals surface area contributed by atoms with Crippen LogP contribution in [0.25, 0.3) is 0 Å². The molecule has 7 heteroatoms. The molecule has 0 amide bonds. The predicted molar refractivity (Wildman–Crippen MR) is 143 cm³/mol. The van der Waals surface area contributed by atoms with Gasteiger partial charge in [0.1, 0.15) is 5.76 Å². The molecule has 1 aromatic carbocycles.